The van der Waals surface area contributed by atoms with Gasteiger partial charge in [-0.2, -0.15) is 12.6 Å². The molecule has 1 N–H and O–H groups in total. The second-order valence-corrected chi connectivity index (χ2v) is 10.5. The maximum absolute atomic E-state index is 13.8. The summed E-state index contributed by atoms with van der Waals surface area (Å²) in [4.78, 5) is 14.9. The summed E-state index contributed by atoms with van der Waals surface area (Å²) in [6.45, 7) is 10.4. The van der Waals surface area contributed by atoms with E-state index < -0.39 is 5.82 Å². The molecule has 0 spiro atoms. The Kier molecular flexibility index (Phi) is 7.08. The highest BCUT2D eigenvalue weighted by Gasteiger charge is 2.33. The van der Waals surface area contributed by atoms with Crippen LogP contribution in [0, 0.1) is 23.1 Å². The number of hydrogen-bond acceptors (Lipinski definition) is 3. The molecular weight excluding hydrogens is 371 g/mol. The number of benzene rings is 1. The number of thiol groups is 1. The summed E-state index contributed by atoms with van der Waals surface area (Å²) in [5.74, 6) is 0.613. The Hall–Kier alpha value is -1.07. The molecule has 5 heteroatoms. The topological polar surface area (TPSA) is 32.3 Å². The van der Waals surface area contributed by atoms with Gasteiger partial charge in [-0.3, -0.25) is 4.79 Å². The van der Waals surface area contributed by atoms with Crippen LogP contribution in [0.5, 0.6) is 0 Å². The molecule has 2 aliphatic rings. The molecule has 2 fully saturated rings. The second kappa shape index (κ2) is 9.17. The number of amides is 1. The van der Waals surface area contributed by atoms with Gasteiger partial charge in [-0.15, -0.1) is 0 Å². The molecular formula is C23H35FN2OS. The minimum atomic E-state index is -0.450. The van der Waals surface area contributed by atoms with Gasteiger partial charge in [0.25, 0.3) is 5.91 Å². The van der Waals surface area contributed by atoms with Crippen LogP contribution in [0.25, 0.3) is 0 Å². The maximum Gasteiger partial charge on any atom is 0.254 e. The third kappa shape index (κ3) is 5.73. The number of nitrogens with one attached hydrogen (secondary N) is 1. The van der Waals surface area contributed by atoms with Gasteiger partial charge in [0, 0.05) is 30.9 Å². The highest BCUT2D eigenvalue weighted by atomic mass is 32.1. The lowest BCUT2D eigenvalue weighted by Crippen LogP contribution is -2.48. The number of rotatable bonds is 5. The molecule has 1 saturated heterocycles. The van der Waals surface area contributed by atoms with Crippen molar-refractivity contribution in [2.24, 2.45) is 17.3 Å². The van der Waals surface area contributed by atoms with Gasteiger partial charge in [0.1, 0.15) is 5.82 Å². The van der Waals surface area contributed by atoms with E-state index in [1.165, 1.54) is 12.5 Å². The molecule has 3 nitrogen and oxygen atoms in total. The van der Waals surface area contributed by atoms with E-state index in [0.29, 0.717) is 22.5 Å². The molecule has 2 atom stereocenters. The molecule has 28 heavy (non-hydrogen) atoms. The summed E-state index contributed by atoms with van der Waals surface area (Å²) in [5, 5.41) is 3.51. The van der Waals surface area contributed by atoms with Crippen molar-refractivity contribution in [2.75, 3.05) is 19.6 Å². The molecule has 1 aliphatic heterocycles. The molecule has 0 aromatic heterocycles. The van der Waals surface area contributed by atoms with E-state index in [4.69, 9.17) is 12.6 Å². The Morgan fingerprint density at radius 1 is 1.29 bits per heavy atom. The first-order valence-electron chi connectivity index (χ1n) is 10.7. The third-order valence-corrected chi connectivity index (χ3v) is 6.83. The van der Waals surface area contributed by atoms with Crippen molar-refractivity contribution in [3.05, 3.63) is 35.6 Å². The van der Waals surface area contributed by atoms with Crippen LogP contribution in [-0.4, -0.2) is 41.7 Å². The van der Waals surface area contributed by atoms with Crippen LogP contribution in [0.3, 0.4) is 0 Å². The van der Waals surface area contributed by atoms with Gasteiger partial charge in [0.2, 0.25) is 0 Å². The van der Waals surface area contributed by atoms with Crippen LogP contribution in [0.2, 0.25) is 0 Å². The Morgan fingerprint density at radius 3 is 2.61 bits per heavy atom. The minimum Gasteiger partial charge on any atom is -0.349 e. The summed E-state index contributed by atoms with van der Waals surface area (Å²) in [6, 6.07) is 6.36. The van der Waals surface area contributed by atoms with Gasteiger partial charge in [0.15, 0.2) is 0 Å². The van der Waals surface area contributed by atoms with E-state index in [2.05, 4.69) is 31.0 Å². The largest absolute Gasteiger partial charge is 0.349 e. The number of nitrogens with zero attached hydrogens (tertiary/aromatic N) is 1. The smallest absolute Gasteiger partial charge is 0.254 e. The fraction of sp³-hybridized carbons (Fsp3) is 0.696. The normalized spacial score (nSPS) is 29.2. The fourth-order valence-electron chi connectivity index (χ4n) is 5.17. The van der Waals surface area contributed by atoms with E-state index in [9.17, 15) is 9.18 Å². The number of hydrogen-bond donors (Lipinski definition) is 2. The summed E-state index contributed by atoms with van der Waals surface area (Å²) < 4.78 is 13.8. The number of piperidine rings is 1. The average Bonchev–Trinajstić information content (AvgIpc) is 2.60. The van der Waals surface area contributed by atoms with Crippen molar-refractivity contribution in [1.29, 1.82) is 0 Å². The Morgan fingerprint density at radius 2 is 1.96 bits per heavy atom. The first-order chi connectivity index (χ1) is 13.2. The SMILES string of the molecule is CC(CN1C[C@@H](S)CC(C)(C)C1)[C@H]1CC[C@H](NC(=O)c2ccccc2F)CC1. The highest BCUT2D eigenvalue weighted by molar-refractivity contribution is 7.81. The second-order valence-electron chi connectivity index (χ2n) is 9.76. The Bertz CT molecular complexity index is 672. The van der Waals surface area contributed by atoms with Crippen LogP contribution < -0.4 is 5.32 Å². The fourth-order valence-corrected chi connectivity index (χ4v) is 5.90. The third-order valence-electron chi connectivity index (χ3n) is 6.49. The van der Waals surface area contributed by atoms with E-state index in [-0.39, 0.29) is 17.5 Å². The van der Waals surface area contributed by atoms with Crippen molar-refractivity contribution < 1.29 is 9.18 Å². The zero-order chi connectivity index (χ0) is 20.3. The minimum absolute atomic E-state index is 0.145. The molecule has 3 rings (SSSR count). The molecule has 1 aromatic rings. The van der Waals surface area contributed by atoms with Gasteiger partial charge in [-0.25, -0.2) is 4.39 Å². The van der Waals surface area contributed by atoms with Crippen molar-refractivity contribution >= 4 is 18.5 Å². The zero-order valence-electron chi connectivity index (χ0n) is 17.5. The predicted molar refractivity (Wildman–Crippen MR) is 116 cm³/mol. The van der Waals surface area contributed by atoms with E-state index >= 15 is 0 Å². The van der Waals surface area contributed by atoms with E-state index in [1.54, 1.807) is 18.2 Å². The molecule has 0 bridgehead atoms. The summed E-state index contributed by atoms with van der Waals surface area (Å²) in [6.07, 6.45) is 5.41. The maximum atomic E-state index is 13.8. The number of carbonyl (C=O) groups excluding carboxylic acids is 1. The number of likely N-dealkylation sites (tertiary alicyclic amines) is 1. The Balaban J connectivity index is 1.46. The Labute approximate surface area is 174 Å². The monoisotopic (exact) mass is 406 g/mol. The number of carbonyl (C=O) groups is 1. The molecule has 156 valence electrons. The van der Waals surface area contributed by atoms with Crippen LogP contribution in [0.4, 0.5) is 4.39 Å². The highest BCUT2D eigenvalue weighted by Crippen LogP contribution is 2.34. The first kappa shape index (κ1) is 21.6. The molecule has 1 unspecified atom stereocenters. The van der Waals surface area contributed by atoms with Crippen LogP contribution in [-0.2, 0) is 0 Å². The number of halogens is 1. The van der Waals surface area contributed by atoms with Gasteiger partial charge < -0.3 is 10.2 Å². The van der Waals surface area contributed by atoms with Crippen molar-refractivity contribution in [1.82, 2.24) is 10.2 Å². The molecule has 1 aromatic carbocycles. The average molecular weight is 407 g/mol. The predicted octanol–water partition coefficient (Wildman–Crippen LogP) is 4.78. The molecule has 1 aliphatic carbocycles. The van der Waals surface area contributed by atoms with Crippen molar-refractivity contribution in [3.63, 3.8) is 0 Å². The lowest BCUT2D eigenvalue weighted by molar-refractivity contribution is 0.0845. The molecule has 1 amide bonds. The molecule has 1 heterocycles. The van der Waals surface area contributed by atoms with Crippen LogP contribution >= 0.6 is 12.6 Å². The lowest BCUT2D eigenvalue weighted by atomic mass is 9.77. The summed E-state index contributed by atoms with van der Waals surface area (Å²) >= 11 is 4.76. The van der Waals surface area contributed by atoms with Gasteiger partial charge in [-0.05, 0) is 61.5 Å². The van der Waals surface area contributed by atoms with Crippen LogP contribution in [0.15, 0.2) is 24.3 Å². The molecule has 1 saturated carbocycles. The quantitative estimate of drug-likeness (QED) is 0.690. The van der Waals surface area contributed by atoms with E-state index in [1.807, 2.05) is 0 Å². The first-order valence-corrected chi connectivity index (χ1v) is 11.2. The van der Waals surface area contributed by atoms with Crippen molar-refractivity contribution in [2.45, 2.75) is 64.2 Å². The zero-order valence-corrected chi connectivity index (χ0v) is 18.4. The summed E-state index contributed by atoms with van der Waals surface area (Å²) in [5.41, 5.74) is 0.492. The summed E-state index contributed by atoms with van der Waals surface area (Å²) in [7, 11) is 0. The lowest BCUT2D eigenvalue weighted by Gasteiger charge is -2.43. The van der Waals surface area contributed by atoms with Gasteiger partial charge in [-0.1, -0.05) is 32.9 Å². The van der Waals surface area contributed by atoms with Gasteiger partial charge in [0.05, 0.1) is 5.56 Å². The van der Waals surface area contributed by atoms with Crippen LogP contribution in [0.1, 0.15) is 63.2 Å². The van der Waals surface area contributed by atoms with Crippen molar-refractivity contribution in [3.8, 4) is 0 Å². The standard InChI is InChI=1S/C23H35FN2OS/c1-16(13-26-14-19(28)12-23(2,3)15-26)17-8-10-18(11-9-17)25-22(27)20-6-4-5-7-21(20)24/h4-7,16-19,28H,8-15H2,1-3H3,(H,25,27)/t16?,17-,18-,19-/m0/s1. The molecule has 0 radical (unpaired) electrons. The van der Waals surface area contributed by atoms with E-state index in [0.717, 1.165) is 45.3 Å². The van der Waals surface area contributed by atoms with Gasteiger partial charge >= 0.3 is 0 Å².